The molecule has 2 aliphatic carbocycles. The normalized spacial score (nSPS) is 37.3. The first-order chi connectivity index (χ1) is 10.7. The van der Waals surface area contributed by atoms with Gasteiger partial charge in [-0.15, -0.1) is 11.6 Å². The Labute approximate surface area is 140 Å². The largest absolute Gasteiger partial charge is 0.463 e. The lowest BCUT2D eigenvalue weighted by Crippen LogP contribution is -2.44. The van der Waals surface area contributed by atoms with Crippen LogP contribution in [0.3, 0.4) is 0 Å². The van der Waals surface area contributed by atoms with Crippen LogP contribution in [0.5, 0.6) is 0 Å². The summed E-state index contributed by atoms with van der Waals surface area (Å²) in [6.07, 6.45) is 11.8. The van der Waals surface area contributed by atoms with Gasteiger partial charge >= 0.3 is 0 Å². The lowest BCUT2D eigenvalue weighted by atomic mass is 9.73. The molecule has 0 aromatic carbocycles. The quantitative estimate of drug-likeness (QED) is 0.779. The van der Waals surface area contributed by atoms with E-state index in [1.807, 2.05) is 0 Å². The van der Waals surface area contributed by atoms with E-state index in [-0.39, 0.29) is 0 Å². The maximum absolute atomic E-state index is 6.45. The van der Waals surface area contributed by atoms with Crippen LogP contribution in [0.4, 0.5) is 0 Å². The highest BCUT2D eigenvalue weighted by molar-refractivity contribution is 6.20. The van der Waals surface area contributed by atoms with Gasteiger partial charge in [-0.3, -0.25) is 0 Å². The van der Waals surface area contributed by atoms with Gasteiger partial charge in [0.15, 0.2) is 0 Å². The molecule has 0 aromatic rings. The molecule has 0 bridgehead atoms. The van der Waals surface area contributed by atoms with E-state index in [9.17, 15) is 0 Å². The Morgan fingerprint density at radius 2 is 2.09 bits per heavy atom. The van der Waals surface area contributed by atoms with Gasteiger partial charge in [-0.05, 0) is 43.4 Å². The highest BCUT2D eigenvalue weighted by Crippen LogP contribution is 2.37. The molecule has 2 saturated carbocycles. The Kier molecular flexibility index (Phi) is 5.89. The van der Waals surface area contributed by atoms with E-state index >= 15 is 0 Å². The second-order valence-corrected chi connectivity index (χ2v) is 8.18. The van der Waals surface area contributed by atoms with Crippen LogP contribution in [0.25, 0.3) is 0 Å². The fourth-order valence-electron chi connectivity index (χ4n) is 4.55. The number of amidine groups is 1. The van der Waals surface area contributed by atoms with E-state index in [4.69, 9.17) is 16.3 Å². The monoisotopic (exact) mass is 326 g/mol. The van der Waals surface area contributed by atoms with Gasteiger partial charge in [0.05, 0.1) is 6.54 Å². The second kappa shape index (κ2) is 7.90. The van der Waals surface area contributed by atoms with Crippen molar-refractivity contribution < 1.29 is 4.74 Å². The lowest BCUT2D eigenvalue weighted by Gasteiger charge is -2.38. The first kappa shape index (κ1) is 16.4. The number of hydrogen-bond donors (Lipinski definition) is 1. The van der Waals surface area contributed by atoms with Crippen molar-refractivity contribution in [1.29, 1.82) is 0 Å². The van der Waals surface area contributed by atoms with Crippen molar-refractivity contribution >= 4 is 17.6 Å². The first-order valence-corrected chi connectivity index (χ1v) is 9.74. The topological polar surface area (TPSA) is 33.6 Å². The number of alkyl halides is 1. The third-order valence-corrected chi connectivity index (χ3v) is 6.36. The van der Waals surface area contributed by atoms with E-state index in [1.165, 1.54) is 51.4 Å². The molecule has 4 heteroatoms. The maximum Gasteiger partial charge on any atom is 0.285 e. The molecule has 0 radical (unpaired) electrons. The number of hydrogen-bond acceptors (Lipinski definition) is 3. The molecule has 0 aromatic heterocycles. The summed E-state index contributed by atoms with van der Waals surface area (Å²) in [7, 11) is 0. The first-order valence-electron chi connectivity index (χ1n) is 9.30. The molecule has 5 atom stereocenters. The molecule has 2 fully saturated rings. The van der Waals surface area contributed by atoms with E-state index < -0.39 is 0 Å². The number of nitrogens with zero attached hydrogens (tertiary/aromatic N) is 1. The van der Waals surface area contributed by atoms with Gasteiger partial charge in [-0.1, -0.05) is 39.0 Å². The zero-order valence-electron chi connectivity index (χ0n) is 13.9. The zero-order valence-corrected chi connectivity index (χ0v) is 14.7. The lowest BCUT2D eigenvalue weighted by molar-refractivity contribution is 0.181. The predicted molar refractivity (Wildman–Crippen MR) is 92.5 cm³/mol. The van der Waals surface area contributed by atoms with Crippen LogP contribution in [0.2, 0.25) is 0 Å². The Morgan fingerprint density at radius 3 is 2.82 bits per heavy atom. The third-order valence-electron chi connectivity index (χ3n) is 5.96. The molecule has 5 unspecified atom stereocenters. The van der Waals surface area contributed by atoms with Gasteiger partial charge in [-0.25, -0.2) is 4.99 Å². The molecule has 3 aliphatic rings. The van der Waals surface area contributed by atoms with Crippen LogP contribution in [-0.4, -0.2) is 30.6 Å². The average Bonchev–Trinajstić information content (AvgIpc) is 3.02. The van der Waals surface area contributed by atoms with Crippen LogP contribution < -0.4 is 5.32 Å². The molecule has 3 nitrogen and oxygen atoms in total. The predicted octanol–water partition coefficient (Wildman–Crippen LogP) is 4.34. The minimum absolute atomic E-state index is 0.360. The van der Waals surface area contributed by atoms with Crippen LogP contribution in [-0.2, 0) is 4.74 Å². The fourth-order valence-corrected chi connectivity index (χ4v) is 4.93. The van der Waals surface area contributed by atoms with E-state index in [0.29, 0.717) is 17.3 Å². The Bertz CT molecular complexity index is 387. The maximum atomic E-state index is 6.45. The summed E-state index contributed by atoms with van der Waals surface area (Å²) in [6.45, 7) is 3.98. The van der Waals surface area contributed by atoms with Crippen LogP contribution in [0.15, 0.2) is 4.99 Å². The molecule has 1 aliphatic heterocycles. The molecule has 3 rings (SSSR count). The Hall–Kier alpha value is -0.440. The Morgan fingerprint density at radius 1 is 1.23 bits per heavy atom. The Balaban J connectivity index is 1.64. The van der Waals surface area contributed by atoms with Crippen molar-refractivity contribution in [3.63, 3.8) is 0 Å². The van der Waals surface area contributed by atoms with Crippen molar-refractivity contribution in [1.82, 2.24) is 5.32 Å². The number of aliphatic imine (C=N–C) groups is 1. The summed E-state index contributed by atoms with van der Waals surface area (Å²) in [5.74, 6) is 2.39. The SMILES string of the molecule is CC1CCCCC1CC(NC1=NCCO1)C1CCCC(Cl)C1. The molecular formula is C18H31ClN2O. The molecule has 0 spiro atoms. The molecule has 0 saturated heterocycles. The summed E-state index contributed by atoms with van der Waals surface area (Å²) >= 11 is 6.45. The van der Waals surface area contributed by atoms with Crippen LogP contribution in [0, 0.1) is 17.8 Å². The average molecular weight is 327 g/mol. The number of rotatable bonds is 4. The van der Waals surface area contributed by atoms with Crippen LogP contribution in [0.1, 0.15) is 64.7 Å². The molecule has 126 valence electrons. The summed E-state index contributed by atoms with van der Waals surface area (Å²) in [5, 5.41) is 4.00. The van der Waals surface area contributed by atoms with E-state index in [1.54, 1.807) is 0 Å². The summed E-state index contributed by atoms with van der Waals surface area (Å²) < 4.78 is 5.62. The smallest absolute Gasteiger partial charge is 0.285 e. The minimum Gasteiger partial charge on any atom is -0.463 e. The minimum atomic E-state index is 0.360. The van der Waals surface area contributed by atoms with Gasteiger partial charge < -0.3 is 10.1 Å². The van der Waals surface area contributed by atoms with Gasteiger partial charge in [0.2, 0.25) is 0 Å². The van der Waals surface area contributed by atoms with Crippen molar-refractivity contribution in [3.8, 4) is 0 Å². The van der Waals surface area contributed by atoms with Crippen molar-refractivity contribution in [3.05, 3.63) is 0 Å². The summed E-state index contributed by atoms with van der Waals surface area (Å²) in [6, 6.07) is 1.27. The van der Waals surface area contributed by atoms with Gasteiger partial charge in [-0.2, -0.15) is 0 Å². The molecule has 1 heterocycles. The highest BCUT2D eigenvalue weighted by Gasteiger charge is 2.33. The third kappa shape index (κ3) is 4.31. The standard InChI is InChI=1S/C18H31ClN2O/c1-13-5-2-3-6-14(13)12-17(21-18-20-9-10-22-18)15-7-4-8-16(19)11-15/h13-17H,2-12H2,1H3,(H,20,21). The zero-order chi connectivity index (χ0) is 15.4. The van der Waals surface area contributed by atoms with Crippen molar-refractivity contribution in [2.45, 2.75) is 76.1 Å². The second-order valence-electron chi connectivity index (χ2n) is 7.57. The number of halogens is 1. The van der Waals surface area contributed by atoms with Crippen molar-refractivity contribution in [2.24, 2.45) is 22.7 Å². The fraction of sp³-hybridized carbons (Fsp3) is 0.944. The molecule has 0 amide bonds. The van der Waals surface area contributed by atoms with Gasteiger partial charge in [0, 0.05) is 11.4 Å². The van der Waals surface area contributed by atoms with Gasteiger partial charge in [0.1, 0.15) is 6.61 Å². The summed E-state index contributed by atoms with van der Waals surface area (Å²) in [5.41, 5.74) is 0. The molecule has 22 heavy (non-hydrogen) atoms. The van der Waals surface area contributed by atoms with E-state index in [0.717, 1.165) is 37.4 Å². The van der Waals surface area contributed by atoms with E-state index in [2.05, 4.69) is 17.2 Å². The number of ether oxygens (including phenoxy) is 1. The molecule has 1 N–H and O–H groups in total. The van der Waals surface area contributed by atoms with Crippen molar-refractivity contribution in [2.75, 3.05) is 13.2 Å². The molecular weight excluding hydrogens is 296 g/mol. The number of nitrogens with one attached hydrogen (secondary N) is 1. The summed E-state index contributed by atoms with van der Waals surface area (Å²) in [4.78, 5) is 4.45. The van der Waals surface area contributed by atoms with Crippen LogP contribution >= 0.6 is 11.6 Å². The van der Waals surface area contributed by atoms with Gasteiger partial charge in [0.25, 0.3) is 6.02 Å². The highest BCUT2D eigenvalue weighted by atomic mass is 35.5.